The van der Waals surface area contributed by atoms with E-state index in [1.54, 1.807) is 0 Å². The predicted molar refractivity (Wildman–Crippen MR) is 62.3 cm³/mol. The van der Waals surface area contributed by atoms with Gasteiger partial charge in [0.25, 0.3) is 0 Å². The van der Waals surface area contributed by atoms with Crippen molar-refractivity contribution in [1.82, 2.24) is 15.2 Å². The van der Waals surface area contributed by atoms with E-state index in [1.165, 1.54) is 11.1 Å². The van der Waals surface area contributed by atoms with E-state index in [1.807, 2.05) is 6.92 Å². The fourth-order valence-electron chi connectivity index (χ4n) is 2.46. The second kappa shape index (κ2) is 3.74. The SMILES string of the molecule is Cc1nc(C2CCc3ccccc3C2)n[nH]1. The number of hydrogen-bond acceptors (Lipinski definition) is 2. The average molecular weight is 213 g/mol. The Bertz CT molecular complexity index is 501. The molecular formula is C13H15N3. The van der Waals surface area contributed by atoms with E-state index in [-0.39, 0.29) is 0 Å². The number of hydrogen-bond donors (Lipinski definition) is 1. The molecule has 1 aromatic carbocycles. The van der Waals surface area contributed by atoms with Crippen LogP contribution in [0, 0.1) is 6.92 Å². The normalized spacial score (nSPS) is 19.4. The minimum atomic E-state index is 0.486. The van der Waals surface area contributed by atoms with Gasteiger partial charge < -0.3 is 0 Å². The topological polar surface area (TPSA) is 41.6 Å². The monoisotopic (exact) mass is 213 g/mol. The number of rotatable bonds is 1. The number of aromatic nitrogens is 3. The summed E-state index contributed by atoms with van der Waals surface area (Å²) in [6.07, 6.45) is 3.39. The van der Waals surface area contributed by atoms with Crippen LogP contribution in [-0.2, 0) is 12.8 Å². The first-order valence-electron chi connectivity index (χ1n) is 5.78. The molecule has 0 saturated carbocycles. The zero-order valence-corrected chi connectivity index (χ0v) is 9.40. The van der Waals surface area contributed by atoms with Gasteiger partial charge in [-0.25, -0.2) is 4.98 Å². The van der Waals surface area contributed by atoms with Crippen molar-refractivity contribution in [1.29, 1.82) is 0 Å². The van der Waals surface area contributed by atoms with Crippen molar-refractivity contribution in [3.8, 4) is 0 Å². The highest BCUT2D eigenvalue weighted by atomic mass is 15.2. The summed E-state index contributed by atoms with van der Waals surface area (Å²) in [7, 11) is 0. The van der Waals surface area contributed by atoms with E-state index >= 15 is 0 Å². The molecule has 0 radical (unpaired) electrons. The van der Waals surface area contributed by atoms with Gasteiger partial charge in [0.2, 0.25) is 0 Å². The molecular weight excluding hydrogens is 198 g/mol. The van der Waals surface area contributed by atoms with Crippen molar-refractivity contribution < 1.29 is 0 Å². The van der Waals surface area contributed by atoms with Gasteiger partial charge in [-0.05, 0) is 37.3 Å². The zero-order chi connectivity index (χ0) is 11.0. The highest BCUT2D eigenvalue weighted by Gasteiger charge is 2.22. The standard InChI is InChI=1S/C13H15N3/c1-9-14-13(16-15-9)12-7-6-10-4-2-3-5-11(10)8-12/h2-5,12H,6-8H2,1H3,(H,14,15,16). The average Bonchev–Trinajstić information content (AvgIpc) is 2.75. The van der Waals surface area contributed by atoms with Crippen molar-refractivity contribution in [2.75, 3.05) is 0 Å². The van der Waals surface area contributed by atoms with Gasteiger partial charge in [-0.3, -0.25) is 5.10 Å². The number of nitrogens with zero attached hydrogens (tertiary/aromatic N) is 2. The van der Waals surface area contributed by atoms with E-state index in [2.05, 4.69) is 39.4 Å². The minimum Gasteiger partial charge on any atom is -0.263 e. The summed E-state index contributed by atoms with van der Waals surface area (Å²) in [6.45, 7) is 1.95. The number of benzene rings is 1. The van der Waals surface area contributed by atoms with Crippen LogP contribution in [-0.4, -0.2) is 15.2 Å². The molecule has 2 aromatic rings. The fraction of sp³-hybridized carbons (Fsp3) is 0.385. The highest BCUT2D eigenvalue weighted by Crippen LogP contribution is 2.30. The molecule has 3 heteroatoms. The molecule has 1 unspecified atom stereocenters. The number of fused-ring (bicyclic) bond motifs is 1. The van der Waals surface area contributed by atoms with Crippen LogP contribution < -0.4 is 0 Å². The third-order valence-electron chi connectivity index (χ3n) is 3.33. The Morgan fingerprint density at radius 3 is 2.81 bits per heavy atom. The largest absolute Gasteiger partial charge is 0.263 e. The molecule has 3 nitrogen and oxygen atoms in total. The summed E-state index contributed by atoms with van der Waals surface area (Å²) >= 11 is 0. The Hall–Kier alpha value is -1.64. The van der Waals surface area contributed by atoms with E-state index < -0.39 is 0 Å². The van der Waals surface area contributed by atoms with Crippen molar-refractivity contribution >= 4 is 0 Å². The highest BCUT2D eigenvalue weighted by molar-refractivity contribution is 5.31. The summed E-state index contributed by atoms with van der Waals surface area (Å²) < 4.78 is 0. The molecule has 0 aliphatic heterocycles. The van der Waals surface area contributed by atoms with Crippen LogP contribution in [0.4, 0.5) is 0 Å². The third-order valence-corrected chi connectivity index (χ3v) is 3.33. The van der Waals surface area contributed by atoms with Crippen molar-refractivity contribution in [2.24, 2.45) is 0 Å². The van der Waals surface area contributed by atoms with Crippen molar-refractivity contribution in [3.63, 3.8) is 0 Å². The third kappa shape index (κ3) is 1.62. The van der Waals surface area contributed by atoms with Gasteiger partial charge in [0.15, 0.2) is 5.82 Å². The van der Waals surface area contributed by atoms with E-state index in [0.717, 1.165) is 30.9 Å². The summed E-state index contributed by atoms with van der Waals surface area (Å²) in [5, 5.41) is 7.21. The maximum Gasteiger partial charge on any atom is 0.154 e. The number of aryl methyl sites for hydroxylation is 2. The first kappa shape index (κ1) is 9.58. The summed E-state index contributed by atoms with van der Waals surface area (Å²) in [5.74, 6) is 2.38. The van der Waals surface area contributed by atoms with Crippen LogP contribution in [0.5, 0.6) is 0 Å². The first-order chi connectivity index (χ1) is 7.83. The molecule has 1 aliphatic carbocycles. The zero-order valence-electron chi connectivity index (χ0n) is 9.40. The number of aromatic amines is 1. The Morgan fingerprint density at radius 1 is 1.25 bits per heavy atom. The van der Waals surface area contributed by atoms with Crippen molar-refractivity contribution in [3.05, 3.63) is 47.0 Å². The Kier molecular flexibility index (Phi) is 2.24. The lowest BCUT2D eigenvalue weighted by Gasteiger charge is -2.22. The van der Waals surface area contributed by atoms with Gasteiger partial charge in [-0.15, -0.1) is 0 Å². The van der Waals surface area contributed by atoms with Crippen LogP contribution in [0.2, 0.25) is 0 Å². The second-order valence-corrected chi connectivity index (χ2v) is 4.49. The lowest BCUT2D eigenvalue weighted by molar-refractivity contribution is 0.557. The maximum absolute atomic E-state index is 4.44. The van der Waals surface area contributed by atoms with Gasteiger partial charge >= 0.3 is 0 Å². The number of nitrogens with one attached hydrogen (secondary N) is 1. The first-order valence-corrected chi connectivity index (χ1v) is 5.78. The molecule has 3 rings (SSSR count). The van der Waals surface area contributed by atoms with Crippen LogP contribution >= 0.6 is 0 Å². The molecule has 0 spiro atoms. The van der Waals surface area contributed by atoms with Crippen LogP contribution in [0.1, 0.15) is 35.1 Å². The van der Waals surface area contributed by atoms with E-state index in [4.69, 9.17) is 0 Å². The smallest absolute Gasteiger partial charge is 0.154 e. The van der Waals surface area contributed by atoms with Gasteiger partial charge in [0, 0.05) is 5.92 Å². The van der Waals surface area contributed by atoms with Crippen LogP contribution in [0.15, 0.2) is 24.3 Å². The molecule has 16 heavy (non-hydrogen) atoms. The molecule has 82 valence electrons. The molecule has 1 heterocycles. The molecule has 1 N–H and O–H groups in total. The Morgan fingerprint density at radius 2 is 2.06 bits per heavy atom. The van der Waals surface area contributed by atoms with Gasteiger partial charge in [-0.2, -0.15) is 5.10 Å². The van der Waals surface area contributed by atoms with Gasteiger partial charge in [0.1, 0.15) is 5.82 Å². The van der Waals surface area contributed by atoms with Gasteiger partial charge in [-0.1, -0.05) is 24.3 Å². The van der Waals surface area contributed by atoms with E-state index in [9.17, 15) is 0 Å². The molecule has 1 atom stereocenters. The molecule has 0 amide bonds. The quantitative estimate of drug-likeness (QED) is 0.790. The lowest BCUT2D eigenvalue weighted by Crippen LogP contribution is -2.13. The molecule has 1 aromatic heterocycles. The summed E-state index contributed by atoms with van der Waals surface area (Å²) in [6, 6.07) is 8.69. The van der Waals surface area contributed by atoms with E-state index in [0.29, 0.717) is 5.92 Å². The van der Waals surface area contributed by atoms with Crippen LogP contribution in [0.3, 0.4) is 0 Å². The maximum atomic E-state index is 4.44. The minimum absolute atomic E-state index is 0.486. The molecule has 0 fully saturated rings. The fourth-order valence-corrected chi connectivity index (χ4v) is 2.46. The van der Waals surface area contributed by atoms with Gasteiger partial charge in [0.05, 0.1) is 0 Å². The van der Waals surface area contributed by atoms with Crippen LogP contribution in [0.25, 0.3) is 0 Å². The second-order valence-electron chi connectivity index (χ2n) is 4.49. The molecule has 1 aliphatic rings. The lowest BCUT2D eigenvalue weighted by atomic mass is 9.83. The number of H-pyrrole nitrogens is 1. The Balaban J connectivity index is 1.88. The predicted octanol–water partition coefficient (Wildman–Crippen LogP) is 2.39. The Labute approximate surface area is 94.9 Å². The molecule has 0 bridgehead atoms. The summed E-state index contributed by atoms with van der Waals surface area (Å²) in [4.78, 5) is 4.44. The molecule has 0 saturated heterocycles. The van der Waals surface area contributed by atoms with Crippen molar-refractivity contribution in [2.45, 2.75) is 32.1 Å². The summed E-state index contributed by atoms with van der Waals surface area (Å²) in [5.41, 5.74) is 2.95.